The van der Waals surface area contributed by atoms with E-state index in [1.54, 1.807) is 43.3 Å². The number of likely N-dealkylation sites (N-methyl/N-ethyl adjacent to an activating group) is 1. The molecule has 10 heteroatoms. The molecule has 4 rings (SSSR count). The molecule has 3 aromatic rings. The van der Waals surface area contributed by atoms with Crippen LogP contribution < -0.4 is 0 Å². The molecular weight excluding hydrogens is 535 g/mol. The third-order valence-corrected chi connectivity index (χ3v) is 8.99. The van der Waals surface area contributed by atoms with Gasteiger partial charge in [0.25, 0.3) is 0 Å². The molecule has 0 radical (unpaired) electrons. The highest BCUT2D eigenvalue weighted by atomic mass is 32.2. The van der Waals surface area contributed by atoms with Gasteiger partial charge >= 0.3 is 0 Å². The molecular formula is C30H33FN2O6S. The number of phenols is 2. The molecule has 1 heterocycles. The van der Waals surface area contributed by atoms with Gasteiger partial charge in [-0.2, -0.15) is 0 Å². The molecule has 2 unspecified atom stereocenters. The molecule has 0 bridgehead atoms. The lowest BCUT2D eigenvalue weighted by Crippen LogP contribution is -2.52. The van der Waals surface area contributed by atoms with Crippen molar-refractivity contribution in [3.8, 4) is 11.5 Å². The zero-order chi connectivity index (χ0) is 29.2. The van der Waals surface area contributed by atoms with E-state index in [4.69, 9.17) is 0 Å². The largest absolute Gasteiger partial charge is 0.508 e. The molecule has 0 saturated carbocycles. The number of carbonyl (C=O) groups is 2. The number of benzene rings is 3. The predicted octanol–water partition coefficient (Wildman–Crippen LogP) is 3.83. The van der Waals surface area contributed by atoms with Gasteiger partial charge in [0.2, 0.25) is 10.0 Å². The molecule has 8 nitrogen and oxygen atoms in total. The Hall–Kier alpha value is -3.60. The average Bonchev–Trinajstić information content (AvgIpc) is 2.91. The molecule has 212 valence electrons. The number of nitrogens with zero attached hydrogens (tertiary/aromatic N) is 2. The second kappa shape index (κ2) is 11.9. The molecule has 3 aromatic carbocycles. The smallest absolute Gasteiger partial charge is 0.210 e. The predicted molar refractivity (Wildman–Crippen MR) is 150 cm³/mol. The minimum absolute atomic E-state index is 0.0841. The quantitative estimate of drug-likeness (QED) is 0.377. The third-order valence-electron chi connectivity index (χ3n) is 7.68. The van der Waals surface area contributed by atoms with Crippen LogP contribution in [0, 0.1) is 24.6 Å². The number of hydrogen-bond acceptors (Lipinski definition) is 7. The number of halogens is 1. The van der Waals surface area contributed by atoms with Gasteiger partial charge in [-0.15, -0.1) is 0 Å². The van der Waals surface area contributed by atoms with E-state index < -0.39 is 33.6 Å². The number of ketones is 2. The fourth-order valence-corrected chi connectivity index (χ4v) is 5.84. The first-order chi connectivity index (χ1) is 18.9. The second-order valence-corrected chi connectivity index (χ2v) is 12.5. The molecule has 2 N–H and O–H groups in total. The van der Waals surface area contributed by atoms with Crippen molar-refractivity contribution in [2.24, 2.45) is 11.8 Å². The average molecular weight is 569 g/mol. The van der Waals surface area contributed by atoms with Gasteiger partial charge in [0.15, 0.2) is 11.6 Å². The number of carbonyl (C=O) groups excluding carboxylic acids is 2. The first-order valence-electron chi connectivity index (χ1n) is 12.9. The first-order valence-corrected chi connectivity index (χ1v) is 14.8. The summed E-state index contributed by atoms with van der Waals surface area (Å²) in [6.45, 7) is 2.39. The van der Waals surface area contributed by atoms with Crippen LogP contribution in [0.1, 0.15) is 37.8 Å². The van der Waals surface area contributed by atoms with Gasteiger partial charge in [-0.1, -0.05) is 36.4 Å². The number of hydrogen-bond donors (Lipinski definition) is 2. The summed E-state index contributed by atoms with van der Waals surface area (Å²) >= 11 is 0. The summed E-state index contributed by atoms with van der Waals surface area (Å²) in [5.41, 5.74) is 1.37. The van der Waals surface area contributed by atoms with E-state index in [9.17, 15) is 32.6 Å². The summed E-state index contributed by atoms with van der Waals surface area (Å²) in [4.78, 5) is 30.0. The first kappa shape index (κ1) is 29.4. The van der Waals surface area contributed by atoms with Gasteiger partial charge in [0, 0.05) is 62.1 Å². The fourth-order valence-electron chi connectivity index (χ4n) is 5.43. The Labute approximate surface area is 233 Å². The van der Waals surface area contributed by atoms with E-state index in [1.807, 2.05) is 4.90 Å². The summed E-state index contributed by atoms with van der Waals surface area (Å²) in [6, 6.07) is 16.5. The molecule has 0 amide bonds. The van der Waals surface area contributed by atoms with Crippen LogP contribution in [0.25, 0.3) is 0 Å². The van der Waals surface area contributed by atoms with E-state index >= 15 is 0 Å². The van der Waals surface area contributed by atoms with Gasteiger partial charge in [-0.3, -0.25) is 9.59 Å². The van der Waals surface area contributed by atoms with Crippen molar-refractivity contribution in [3.63, 3.8) is 0 Å². The maximum atomic E-state index is 14.8. The van der Waals surface area contributed by atoms with Crippen LogP contribution in [0.15, 0.2) is 66.7 Å². The molecule has 1 saturated heterocycles. The van der Waals surface area contributed by atoms with Gasteiger partial charge in [0.1, 0.15) is 17.3 Å². The SMILES string of the molecule is Cc1c(F)cccc1C1C(C(=O)c2cccc(O)c2)CN(CCN(C)S(C)(=O)=O)CC1C(=O)c1cccc(O)c1. The molecule has 1 fully saturated rings. The number of sulfonamides is 1. The van der Waals surface area contributed by atoms with Gasteiger partial charge in [-0.05, 0) is 48.4 Å². The van der Waals surface area contributed by atoms with Crippen molar-refractivity contribution < 1.29 is 32.6 Å². The second-order valence-electron chi connectivity index (χ2n) is 10.4. The summed E-state index contributed by atoms with van der Waals surface area (Å²) in [5, 5.41) is 20.1. The lowest BCUT2D eigenvalue weighted by atomic mass is 9.68. The normalized spacial score (nSPS) is 20.0. The number of rotatable bonds is 9. The van der Waals surface area contributed by atoms with E-state index in [1.165, 1.54) is 41.7 Å². The molecule has 0 aliphatic carbocycles. The molecule has 0 spiro atoms. The van der Waals surface area contributed by atoms with E-state index in [0.29, 0.717) is 11.1 Å². The van der Waals surface area contributed by atoms with E-state index in [2.05, 4.69) is 0 Å². The summed E-state index contributed by atoms with van der Waals surface area (Å²) in [6.07, 6.45) is 1.11. The van der Waals surface area contributed by atoms with Crippen molar-refractivity contribution in [3.05, 3.63) is 94.8 Å². The van der Waals surface area contributed by atoms with Crippen LogP contribution >= 0.6 is 0 Å². The molecule has 1 aliphatic heterocycles. The van der Waals surface area contributed by atoms with E-state index in [-0.39, 0.29) is 60.4 Å². The lowest BCUT2D eigenvalue weighted by molar-refractivity contribution is 0.0565. The van der Waals surface area contributed by atoms with Crippen LogP contribution in [0.4, 0.5) is 4.39 Å². The standard InChI is InChI=1S/C30H33FN2O6S/c1-19-24(11-6-12-27(19)31)28-25(29(36)20-7-4-9-22(34)15-20)17-33(14-13-32(2)40(3,38)39)18-26(28)30(37)21-8-5-10-23(35)16-21/h4-12,15-16,25-26,28,34-35H,13-14,17-18H2,1-3H3. The highest BCUT2D eigenvalue weighted by Gasteiger charge is 2.45. The number of Topliss-reactive ketones (excluding diaryl/α,β-unsaturated/α-hetero) is 2. The summed E-state index contributed by atoms with van der Waals surface area (Å²) < 4.78 is 40.0. The van der Waals surface area contributed by atoms with Gasteiger partial charge < -0.3 is 15.1 Å². The topological polar surface area (TPSA) is 115 Å². The Morgan fingerprint density at radius 3 is 1.90 bits per heavy atom. The van der Waals surface area contributed by atoms with Crippen LogP contribution in [-0.4, -0.2) is 78.9 Å². The van der Waals surface area contributed by atoms with Crippen molar-refractivity contribution >= 4 is 21.6 Å². The lowest BCUT2D eigenvalue weighted by Gasteiger charge is -2.44. The van der Waals surface area contributed by atoms with Crippen molar-refractivity contribution in [2.75, 3.05) is 39.5 Å². The Morgan fingerprint density at radius 2 is 1.43 bits per heavy atom. The van der Waals surface area contributed by atoms with Gasteiger partial charge in [0.05, 0.1) is 6.26 Å². The summed E-state index contributed by atoms with van der Waals surface area (Å²) in [5.74, 6) is -3.61. The molecule has 1 aliphatic rings. The Morgan fingerprint density at radius 1 is 0.925 bits per heavy atom. The Kier molecular flexibility index (Phi) is 8.72. The van der Waals surface area contributed by atoms with Crippen LogP contribution in [0.5, 0.6) is 11.5 Å². The Balaban J connectivity index is 1.83. The zero-order valence-corrected chi connectivity index (χ0v) is 23.4. The minimum atomic E-state index is -3.45. The number of aromatic hydroxyl groups is 2. The maximum Gasteiger partial charge on any atom is 0.210 e. The number of likely N-dealkylation sites (tertiary alicyclic amines) is 1. The minimum Gasteiger partial charge on any atom is -0.508 e. The fraction of sp³-hybridized carbons (Fsp3) is 0.333. The van der Waals surface area contributed by atoms with Gasteiger partial charge in [-0.25, -0.2) is 17.1 Å². The highest BCUT2D eigenvalue weighted by molar-refractivity contribution is 7.88. The number of piperidine rings is 1. The van der Waals surface area contributed by atoms with Crippen molar-refractivity contribution in [2.45, 2.75) is 12.8 Å². The maximum absolute atomic E-state index is 14.8. The molecule has 40 heavy (non-hydrogen) atoms. The highest BCUT2D eigenvalue weighted by Crippen LogP contribution is 2.42. The Bertz CT molecular complexity index is 1460. The zero-order valence-electron chi connectivity index (χ0n) is 22.6. The monoisotopic (exact) mass is 568 g/mol. The summed E-state index contributed by atoms with van der Waals surface area (Å²) in [7, 11) is -1.99. The third kappa shape index (κ3) is 6.41. The van der Waals surface area contributed by atoms with Crippen molar-refractivity contribution in [1.29, 1.82) is 0 Å². The number of phenolic OH excluding ortho intramolecular Hbond substituents is 2. The molecule has 2 atom stereocenters. The van der Waals surface area contributed by atoms with Crippen LogP contribution in [0.2, 0.25) is 0 Å². The van der Waals surface area contributed by atoms with E-state index in [0.717, 1.165) is 6.26 Å². The molecule has 0 aromatic heterocycles. The van der Waals surface area contributed by atoms with Crippen LogP contribution in [-0.2, 0) is 10.0 Å². The van der Waals surface area contributed by atoms with Crippen molar-refractivity contribution in [1.82, 2.24) is 9.21 Å². The van der Waals surface area contributed by atoms with Crippen LogP contribution in [0.3, 0.4) is 0 Å².